The van der Waals surface area contributed by atoms with E-state index in [1.807, 2.05) is 0 Å². The SMILES string of the molecule is CCOC(=O)N1CCc2c(sc3c2C(=O)N[C@@H](c2ccc(OC(=O)c4ccc([N+](=O)[O-])cc4)cc2)N3)C1. The second kappa shape index (κ2) is 9.90. The number of carbonyl (C=O) groups is 3. The number of nitrogens with one attached hydrogen (secondary N) is 2. The van der Waals surface area contributed by atoms with Crippen LogP contribution < -0.4 is 15.4 Å². The van der Waals surface area contributed by atoms with Gasteiger partial charge in [0, 0.05) is 23.6 Å². The number of rotatable bonds is 5. The molecule has 0 fully saturated rings. The molecule has 11 nitrogen and oxygen atoms in total. The highest BCUT2D eigenvalue weighted by atomic mass is 32.1. The average molecular weight is 523 g/mol. The Morgan fingerprint density at radius 1 is 1.14 bits per heavy atom. The normalized spacial score (nSPS) is 16.1. The first-order valence-corrected chi connectivity index (χ1v) is 12.4. The monoisotopic (exact) mass is 522 g/mol. The van der Waals surface area contributed by atoms with Gasteiger partial charge in [0.25, 0.3) is 11.6 Å². The molecule has 5 rings (SSSR count). The molecule has 0 bridgehead atoms. The smallest absolute Gasteiger partial charge is 0.410 e. The van der Waals surface area contributed by atoms with Gasteiger partial charge < -0.3 is 25.0 Å². The van der Waals surface area contributed by atoms with E-state index in [2.05, 4.69) is 10.6 Å². The molecule has 1 aromatic heterocycles. The number of esters is 1. The van der Waals surface area contributed by atoms with Crippen LogP contribution in [0.15, 0.2) is 48.5 Å². The minimum Gasteiger partial charge on any atom is -0.450 e. The lowest BCUT2D eigenvalue weighted by molar-refractivity contribution is -0.384. The third-order valence-electron chi connectivity index (χ3n) is 6.10. The predicted molar refractivity (Wildman–Crippen MR) is 134 cm³/mol. The molecular formula is C25H22N4O7S. The maximum Gasteiger partial charge on any atom is 0.410 e. The van der Waals surface area contributed by atoms with Gasteiger partial charge in [0.05, 0.1) is 29.2 Å². The van der Waals surface area contributed by atoms with Gasteiger partial charge in [0.1, 0.15) is 16.9 Å². The number of fused-ring (bicyclic) bond motifs is 3. The minimum atomic E-state index is -0.641. The summed E-state index contributed by atoms with van der Waals surface area (Å²) in [5, 5.41) is 17.9. The summed E-state index contributed by atoms with van der Waals surface area (Å²) in [6.45, 7) is 2.97. The fourth-order valence-corrected chi connectivity index (χ4v) is 5.56. The molecule has 0 spiro atoms. The Kier molecular flexibility index (Phi) is 6.49. The molecule has 12 heteroatoms. The van der Waals surface area contributed by atoms with Crippen molar-refractivity contribution in [2.45, 2.75) is 26.1 Å². The lowest BCUT2D eigenvalue weighted by Gasteiger charge is -2.28. The van der Waals surface area contributed by atoms with Gasteiger partial charge in [-0.25, -0.2) is 9.59 Å². The second-order valence-corrected chi connectivity index (χ2v) is 9.50. The molecule has 1 atom stereocenters. The molecule has 2 amide bonds. The number of hydrogen-bond donors (Lipinski definition) is 2. The Balaban J connectivity index is 1.26. The van der Waals surface area contributed by atoms with Crippen LogP contribution in [0.3, 0.4) is 0 Å². The number of nitro benzene ring substituents is 1. The summed E-state index contributed by atoms with van der Waals surface area (Å²) in [6.07, 6.45) is -0.265. The van der Waals surface area contributed by atoms with Crippen molar-refractivity contribution in [3.05, 3.63) is 85.8 Å². The number of ether oxygens (including phenoxy) is 2. The number of benzene rings is 2. The molecule has 2 aromatic carbocycles. The van der Waals surface area contributed by atoms with Crippen LogP contribution in [0.5, 0.6) is 5.75 Å². The first-order valence-electron chi connectivity index (χ1n) is 11.5. The highest BCUT2D eigenvalue weighted by molar-refractivity contribution is 7.16. The van der Waals surface area contributed by atoms with Gasteiger partial charge in [-0.3, -0.25) is 14.9 Å². The van der Waals surface area contributed by atoms with E-state index in [0.717, 1.165) is 21.0 Å². The van der Waals surface area contributed by atoms with Gasteiger partial charge in [-0.1, -0.05) is 12.1 Å². The molecule has 3 aromatic rings. The Morgan fingerprint density at radius 3 is 2.54 bits per heavy atom. The fourth-order valence-electron chi connectivity index (χ4n) is 4.27. The summed E-state index contributed by atoms with van der Waals surface area (Å²) < 4.78 is 10.5. The van der Waals surface area contributed by atoms with E-state index in [9.17, 15) is 24.5 Å². The lowest BCUT2D eigenvalue weighted by atomic mass is 10.0. The van der Waals surface area contributed by atoms with E-state index in [0.29, 0.717) is 37.4 Å². The van der Waals surface area contributed by atoms with Gasteiger partial charge in [0.15, 0.2) is 0 Å². The summed E-state index contributed by atoms with van der Waals surface area (Å²) in [6, 6.07) is 11.8. The van der Waals surface area contributed by atoms with E-state index in [4.69, 9.17) is 9.47 Å². The zero-order chi connectivity index (χ0) is 26.1. The Bertz CT molecular complexity index is 1390. The van der Waals surface area contributed by atoms with E-state index in [-0.39, 0.29) is 23.3 Å². The number of nitrogens with zero attached hydrogens (tertiary/aromatic N) is 2. The van der Waals surface area contributed by atoms with Crippen LogP contribution in [0.1, 0.15) is 49.8 Å². The number of hydrogen-bond acceptors (Lipinski definition) is 9. The van der Waals surface area contributed by atoms with E-state index in [1.54, 1.807) is 36.1 Å². The molecule has 2 N–H and O–H groups in total. The van der Waals surface area contributed by atoms with Crippen LogP contribution in [0.25, 0.3) is 0 Å². The van der Waals surface area contributed by atoms with E-state index < -0.39 is 17.1 Å². The molecule has 0 radical (unpaired) electrons. The summed E-state index contributed by atoms with van der Waals surface area (Å²) in [4.78, 5) is 50.3. The van der Waals surface area contributed by atoms with Crippen molar-refractivity contribution in [2.75, 3.05) is 18.5 Å². The van der Waals surface area contributed by atoms with Crippen molar-refractivity contribution < 1.29 is 28.8 Å². The maximum absolute atomic E-state index is 13.0. The molecule has 3 heterocycles. The minimum absolute atomic E-state index is 0.117. The van der Waals surface area contributed by atoms with E-state index in [1.165, 1.54) is 35.6 Å². The topological polar surface area (TPSA) is 140 Å². The van der Waals surface area contributed by atoms with Crippen LogP contribution in [0, 0.1) is 10.1 Å². The third kappa shape index (κ3) is 4.83. The number of carbonyl (C=O) groups excluding carboxylic acids is 3. The molecule has 0 saturated heterocycles. The molecule has 0 aliphatic carbocycles. The van der Waals surface area contributed by atoms with Gasteiger partial charge in [-0.05, 0) is 48.7 Å². The first-order chi connectivity index (χ1) is 17.8. The number of thiophene rings is 1. The summed E-state index contributed by atoms with van der Waals surface area (Å²) in [5.74, 6) is -0.535. The predicted octanol–water partition coefficient (Wildman–Crippen LogP) is 4.24. The summed E-state index contributed by atoms with van der Waals surface area (Å²) in [7, 11) is 0. The maximum atomic E-state index is 13.0. The van der Waals surface area contributed by atoms with E-state index >= 15 is 0 Å². The van der Waals surface area contributed by atoms with Gasteiger partial charge in [-0.15, -0.1) is 11.3 Å². The number of nitro groups is 1. The number of amides is 2. The molecule has 2 aliphatic rings. The molecule has 0 saturated carbocycles. The van der Waals surface area contributed by atoms with Crippen molar-refractivity contribution in [1.29, 1.82) is 0 Å². The summed E-state index contributed by atoms with van der Waals surface area (Å²) >= 11 is 1.46. The van der Waals surface area contributed by atoms with Gasteiger partial charge >= 0.3 is 12.1 Å². The van der Waals surface area contributed by atoms with Crippen LogP contribution in [-0.4, -0.2) is 40.9 Å². The molecule has 2 aliphatic heterocycles. The third-order valence-corrected chi connectivity index (χ3v) is 7.25. The standard InChI is InChI=1S/C25H22N4O7S/c1-2-35-25(32)28-12-11-18-19(13-28)37-23-20(18)22(30)26-21(27-23)14-5-9-17(10-6-14)36-24(31)15-3-7-16(8-4-15)29(33)34/h3-10,21,27H,2,11-13H2,1H3,(H,26,30)/t21-/m1/s1. The average Bonchev–Trinajstić information content (AvgIpc) is 3.27. The zero-order valence-corrected chi connectivity index (χ0v) is 20.5. The zero-order valence-electron chi connectivity index (χ0n) is 19.7. The van der Waals surface area contributed by atoms with Crippen molar-refractivity contribution >= 4 is 40.0 Å². The van der Waals surface area contributed by atoms with Crippen molar-refractivity contribution in [1.82, 2.24) is 10.2 Å². The highest BCUT2D eigenvalue weighted by Gasteiger charge is 2.34. The molecular weight excluding hydrogens is 500 g/mol. The van der Waals surface area contributed by atoms with Crippen LogP contribution in [-0.2, 0) is 17.7 Å². The number of non-ortho nitro benzene ring substituents is 1. The van der Waals surface area contributed by atoms with Crippen LogP contribution in [0.2, 0.25) is 0 Å². The van der Waals surface area contributed by atoms with Crippen molar-refractivity contribution in [3.63, 3.8) is 0 Å². The van der Waals surface area contributed by atoms with Crippen LogP contribution in [0.4, 0.5) is 15.5 Å². The first kappa shape index (κ1) is 24.3. The largest absolute Gasteiger partial charge is 0.450 e. The Hall–Kier alpha value is -4.45. The van der Waals surface area contributed by atoms with Crippen LogP contribution >= 0.6 is 11.3 Å². The van der Waals surface area contributed by atoms with Crippen molar-refractivity contribution in [3.8, 4) is 5.75 Å². The molecule has 190 valence electrons. The Labute approximate surface area is 215 Å². The van der Waals surface area contributed by atoms with Gasteiger partial charge in [-0.2, -0.15) is 0 Å². The fraction of sp³-hybridized carbons (Fsp3) is 0.240. The number of anilines is 1. The van der Waals surface area contributed by atoms with Gasteiger partial charge in [0.2, 0.25) is 0 Å². The van der Waals surface area contributed by atoms with Crippen molar-refractivity contribution in [2.24, 2.45) is 0 Å². The highest BCUT2D eigenvalue weighted by Crippen LogP contribution is 2.41. The quantitative estimate of drug-likeness (QED) is 0.219. The molecule has 0 unspecified atom stereocenters. The lowest BCUT2D eigenvalue weighted by Crippen LogP contribution is -2.39. The molecule has 37 heavy (non-hydrogen) atoms. The summed E-state index contributed by atoms with van der Waals surface area (Å²) in [5.41, 5.74) is 2.40. The Morgan fingerprint density at radius 2 is 1.86 bits per heavy atom. The second-order valence-electron chi connectivity index (χ2n) is 8.39.